The van der Waals surface area contributed by atoms with Crippen LogP contribution >= 0.6 is 0 Å². The zero-order valence-electron chi connectivity index (χ0n) is 12.3. The molecule has 0 spiro atoms. The van der Waals surface area contributed by atoms with E-state index >= 15 is 0 Å². The van der Waals surface area contributed by atoms with Crippen LogP contribution in [0.1, 0.15) is 29.8 Å². The summed E-state index contributed by atoms with van der Waals surface area (Å²) < 4.78 is 43.9. The Balaban J connectivity index is 1.93. The van der Waals surface area contributed by atoms with Crippen molar-refractivity contribution in [3.05, 3.63) is 30.1 Å². The normalized spacial score (nSPS) is 29.7. The molecule has 2 bridgehead atoms. The summed E-state index contributed by atoms with van der Waals surface area (Å²) >= 11 is 0. The molecule has 1 amide bonds. The van der Waals surface area contributed by atoms with E-state index in [-0.39, 0.29) is 18.5 Å². The van der Waals surface area contributed by atoms with Gasteiger partial charge in [-0.05, 0) is 25.0 Å². The second kappa shape index (κ2) is 5.21. The summed E-state index contributed by atoms with van der Waals surface area (Å²) in [4.78, 5) is 29.9. The van der Waals surface area contributed by atoms with Crippen molar-refractivity contribution in [2.75, 3.05) is 7.11 Å². The smallest absolute Gasteiger partial charge is 0.392 e. The number of alkyl halides is 3. The van der Waals surface area contributed by atoms with Gasteiger partial charge in [0.2, 0.25) is 0 Å². The molecule has 1 aromatic rings. The highest BCUT2D eigenvalue weighted by atomic mass is 19.4. The second-order valence-corrected chi connectivity index (χ2v) is 5.95. The van der Waals surface area contributed by atoms with Gasteiger partial charge in [0.25, 0.3) is 5.91 Å². The van der Waals surface area contributed by atoms with Crippen LogP contribution < -0.4 is 0 Å². The first-order valence-corrected chi connectivity index (χ1v) is 7.19. The van der Waals surface area contributed by atoms with E-state index in [1.165, 1.54) is 17.2 Å². The highest BCUT2D eigenvalue weighted by molar-refractivity contribution is 5.98. The van der Waals surface area contributed by atoms with Gasteiger partial charge in [-0.15, -0.1) is 0 Å². The van der Waals surface area contributed by atoms with Crippen LogP contribution in [0.3, 0.4) is 0 Å². The van der Waals surface area contributed by atoms with E-state index in [2.05, 4.69) is 9.72 Å². The van der Waals surface area contributed by atoms with Crippen LogP contribution in [0.25, 0.3) is 0 Å². The van der Waals surface area contributed by atoms with Crippen LogP contribution in [-0.4, -0.2) is 46.6 Å². The van der Waals surface area contributed by atoms with Crippen LogP contribution in [0.15, 0.2) is 24.4 Å². The summed E-state index contributed by atoms with van der Waals surface area (Å²) in [5.41, 5.74) is -1.43. The summed E-state index contributed by atoms with van der Waals surface area (Å²) in [5.74, 6) is -2.94. The lowest BCUT2D eigenvalue weighted by Crippen LogP contribution is -2.76. The van der Waals surface area contributed by atoms with Gasteiger partial charge >= 0.3 is 12.1 Å². The predicted octanol–water partition coefficient (Wildman–Crippen LogP) is 2.18. The number of piperidine rings is 1. The molecule has 3 rings (SSSR count). The summed E-state index contributed by atoms with van der Waals surface area (Å²) in [6.45, 7) is 0. The number of rotatable bonds is 2. The fourth-order valence-corrected chi connectivity index (χ4v) is 3.68. The Labute approximate surface area is 130 Å². The average molecular weight is 328 g/mol. The SMILES string of the molecule is COC(=O)C12CC(CC(C(F)(F)F)C1)N2C(=O)c1ccccn1. The van der Waals surface area contributed by atoms with Crippen molar-refractivity contribution in [3.63, 3.8) is 0 Å². The van der Waals surface area contributed by atoms with Gasteiger partial charge in [0.1, 0.15) is 11.2 Å². The van der Waals surface area contributed by atoms with Gasteiger partial charge in [0.05, 0.1) is 13.0 Å². The highest BCUT2D eigenvalue weighted by Gasteiger charge is 2.67. The van der Waals surface area contributed by atoms with E-state index in [9.17, 15) is 22.8 Å². The molecule has 1 aliphatic carbocycles. The van der Waals surface area contributed by atoms with Crippen molar-refractivity contribution in [2.45, 2.75) is 37.0 Å². The predicted molar refractivity (Wildman–Crippen MR) is 72.3 cm³/mol. The Kier molecular flexibility index (Phi) is 3.57. The largest absolute Gasteiger partial charge is 0.467 e. The Morgan fingerprint density at radius 1 is 1.35 bits per heavy atom. The zero-order chi connectivity index (χ0) is 16.8. The minimum atomic E-state index is -4.39. The van der Waals surface area contributed by atoms with Gasteiger partial charge in [-0.3, -0.25) is 9.78 Å². The molecule has 8 heteroatoms. The lowest BCUT2D eigenvalue weighted by molar-refractivity contribution is -0.229. The third-order valence-electron chi connectivity index (χ3n) is 4.67. The van der Waals surface area contributed by atoms with E-state index in [0.29, 0.717) is 0 Å². The quantitative estimate of drug-likeness (QED) is 0.781. The Hall–Kier alpha value is -2.12. The van der Waals surface area contributed by atoms with Crippen molar-refractivity contribution in [2.24, 2.45) is 5.92 Å². The maximum Gasteiger partial charge on any atom is 0.392 e. The molecule has 2 aliphatic rings. The average Bonchev–Trinajstić information content (AvgIpc) is 2.53. The number of pyridine rings is 1. The lowest BCUT2D eigenvalue weighted by Gasteiger charge is -2.61. The monoisotopic (exact) mass is 328 g/mol. The van der Waals surface area contributed by atoms with Crippen LogP contribution in [-0.2, 0) is 9.53 Å². The molecule has 0 radical (unpaired) electrons. The van der Waals surface area contributed by atoms with Gasteiger partial charge in [-0.2, -0.15) is 13.2 Å². The van der Waals surface area contributed by atoms with E-state index in [1.807, 2.05) is 0 Å². The van der Waals surface area contributed by atoms with Crippen LogP contribution in [0, 0.1) is 5.92 Å². The van der Waals surface area contributed by atoms with E-state index in [4.69, 9.17) is 0 Å². The van der Waals surface area contributed by atoms with Crippen molar-refractivity contribution in [1.29, 1.82) is 0 Å². The number of amides is 1. The molecule has 1 aromatic heterocycles. The number of fused-ring (bicyclic) bond motifs is 2. The standard InChI is InChI=1S/C15H15F3N2O3/c1-23-13(22)14-7-9(15(16,17)18)6-10(8-14)20(14)12(21)11-4-2-3-5-19-11/h2-5,9-10H,6-8H2,1H3. The highest BCUT2D eigenvalue weighted by Crippen LogP contribution is 2.54. The molecule has 1 aliphatic heterocycles. The molecular weight excluding hydrogens is 313 g/mol. The number of esters is 1. The van der Waals surface area contributed by atoms with Crippen molar-refractivity contribution < 1.29 is 27.5 Å². The van der Waals surface area contributed by atoms with Crippen LogP contribution in [0.2, 0.25) is 0 Å². The van der Waals surface area contributed by atoms with E-state index in [0.717, 1.165) is 7.11 Å². The molecule has 3 atom stereocenters. The number of carbonyl (C=O) groups is 2. The molecule has 2 heterocycles. The number of aromatic nitrogens is 1. The molecule has 124 valence electrons. The first kappa shape index (κ1) is 15.8. The van der Waals surface area contributed by atoms with Crippen LogP contribution in [0.4, 0.5) is 13.2 Å². The number of hydrogen-bond donors (Lipinski definition) is 0. The van der Waals surface area contributed by atoms with Gasteiger partial charge in [-0.1, -0.05) is 6.07 Å². The fourth-order valence-electron chi connectivity index (χ4n) is 3.68. The van der Waals surface area contributed by atoms with E-state index < -0.39 is 42.0 Å². The summed E-state index contributed by atoms with van der Waals surface area (Å²) in [6.07, 6.45) is -3.42. The minimum absolute atomic E-state index is 0.107. The summed E-state index contributed by atoms with van der Waals surface area (Å²) in [7, 11) is 1.12. The number of ether oxygens (including phenoxy) is 1. The number of carbonyl (C=O) groups excluding carboxylic acids is 2. The number of halogens is 3. The molecule has 0 aromatic carbocycles. The van der Waals surface area contributed by atoms with E-state index in [1.54, 1.807) is 12.1 Å². The topological polar surface area (TPSA) is 59.5 Å². The minimum Gasteiger partial charge on any atom is -0.467 e. The van der Waals surface area contributed by atoms with Crippen molar-refractivity contribution >= 4 is 11.9 Å². The fraction of sp³-hybridized carbons (Fsp3) is 0.533. The lowest BCUT2D eigenvalue weighted by atomic mass is 9.63. The maximum absolute atomic E-state index is 13.1. The molecule has 1 saturated heterocycles. The molecule has 2 fully saturated rings. The molecule has 3 unspecified atom stereocenters. The molecule has 5 nitrogen and oxygen atoms in total. The third-order valence-corrected chi connectivity index (χ3v) is 4.67. The number of nitrogens with zero attached hydrogens (tertiary/aromatic N) is 2. The first-order chi connectivity index (χ1) is 10.8. The Morgan fingerprint density at radius 3 is 2.65 bits per heavy atom. The molecular formula is C15H15F3N2O3. The maximum atomic E-state index is 13.1. The van der Waals surface area contributed by atoms with Crippen molar-refractivity contribution in [3.8, 4) is 0 Å². The number of likely N-dealkylation sites (tertiary alicyclic amines) is 1. The summed E-state index contributed by atoms with van der Waals surface area (Å²) in [6, 6.07) is 4.09. The zero-order valence-corrected chi connectivity index (χ0v) is 12.3. The van der Waals surface area contributed by atoms with Crippen LogP contribution in [0.5, 0.6) is 0 Å². The Bertz CT molecular complexity index is 635. The van der Waals surface area contributed by atoms with Gasteiger partial charge in [0, 0.05) is 18.7 Å². The number of methoxy groups -OCH3 is 1. The molecule has 0 N–H and O–H groups in total. The molecule has 23 heavy (non-hydrogen) atoms. The Morgan fingerprint density at radius 2 is 2.09 bits per heavy atom. The molecule has 1 saturated carbocycles. The van der Waals surface area contributed by atoms with Gasteiger partial charge in [-0.25, -0.2) is 4.79 Å². The number of hydrogen-bond acceptors (Lipinski definition) is 4. The van der Waals surface area contributed by atoms with Crippen molar-refractivity contribution in [1.82, 2.24) is 9.88 Å². The summed E-state index contributed by atoms with van der Waals surface area (Å²) in [5, 5.41) is 0. The first-order valence-electron chi connectivity index (χ1n) is 7.19. The van der Waals surface area contributed by atoms with Gasteiger partial charge in [0.15, 0.2) is 0 Å². The second-order valence-electron chi connectivity index (χ2n) is 5.95. The van der Waals surface area contributed by atoms with Gasteiger partial charge < -0.3 is 9.64 Å². The third kappa shape index (κ3) is 2.36.